The summed E-state index contributed by atoms with van der Waals surface area (Å²) in [4.78, 5) is 24.0. The first-order valence-electron chi connectivity index (χ1n) is 23.8. The summed E-state index contributed by atoms with van der Waals surface area (Å²) in [6.45, 7) is 0. The van der Waals surface area contributed by atoms with Crippen molar-refractivity contribution in [1.29, 1.82) is 0 Å². The summed E-state index contributed by atoms with van der Waals surface area (Å²) in [5.41, 5.74) is 12.9. The fraction of sp³-hybridized carbons (Fsp3) is 0.0645. The summed E-state index contributed by atoms with van der Waals surface area (Å²) in [7, 11) is 0. The largest absolute Gasteiger partial charge is 0.317 e. The molecule has 7 aromatic carbocycles. The molecule has 0 fully saturated rings. The van der Waals surface area contributed by atoms with E-state index in [1.54, 1.807) is 0 Å². The molecule has 69 heavy (non-hydrogen) atoms. The molecule has 0 amide bonds. The molecule has 0 saturated carbocycles. The van der Waals surface area contributed by atoms with Crippen molar-refractivity contribution in [1.82, 2.24) is 29.1 Å². The van der Waals surface area contributed by atoms with Crippen molar-refractivity contribution in [3.63, 3.8) is 0 Å². The van der Waals surface area contributed by atoms with E-state index in [-0.39, 0.29) is 12.0 Å². The lowest BCUT2D eigenvalue weighted by atomic mass is 9.87. The Kier molecular flexibility index (Phi) is 9.02. The average Bonchev–Trinajstić information content (AvgIpc) is 4.07. The molecule has 4 aromatic heterocycles. The first kappa shape index (κ1) is 39.2. The van der Waals surface area contributed by atoms with Crippen LogP contribution in [0.5, 0.6) is 0 Å². The van der Waals surface area contributed by atoms with Crippen LogP contribution in [0.15, 0.2) is 236 Å². The Bertz CT molecular complexity index is 3820. The number of benzene rings is 7. The quantitative estimate of drug-likeness (QED) is 0.160. The lowest BCUT2D eigenvalue weighted by Gasteiger charge is -2.32. The maximum Gasteiger partial charge on any atom is 0.164 e. The minimum atomic E-state index is 0.0349. The van der Waals surface area contributed by atoms with Gasteiger partial charge in [-0.2, -0.15) is 0 Å². The van der Waals surface area contributed by atoms with Crippen LogP contribution in [0.1, 0.15) is 12.8 Å². The predicted molar refractivity (Wildman–Crippen MR) is 281 cm³/mol. The number of hydrogen-bond donors (Lipinski definition) is 0. The van der Waals surface area contributed by atoms with Crippen molar-refractivity contribution in [2.75, 3.05) is 4.90 Å². The van der Waals surface area contributed by atoms with E-state index in [0.29, 0.717) is 17.5 Å². The molecule has 5 heterocycles. The number of pyridine rings is 1. The van der Waals surface area contributed by atoms with Gasteiger partial charge in [0.25, 0.3) is 0 Å². The normalized spacial score (nSPS) is 16.3. The van der Waals surface area contributed by atoms with Gasteiger partial charge in [0.15, 0.2) is 23.3 Å². The fourth-order valence-electron chi connectivity index (χ4n) is 11.2. The maximum atomic E-state index is 6.02. The molecule has 0 saturated heterocycles. The Balaban J connectivity index is 1.11. The molecule has 2 aliphatic carbocycles. The Morgan fingerprint density at radius 2 is 0.928 bits per heavy atom. The highest BCUT2D eigenvalue weighted by Gasteiger charge is 2.41. The zero-order chi connectivity index (χ0) is 45.4. The van der Waals surface area contributed by atoms with Gasteiger partial charge in [0.05, 0.1) is 33.8 Å². The van der Waals surface area contributed by atoms with Crippen molar-refractivity contribution in [2.24, 2.45) is 5.92 Å². The van der Waals surface area contributed by atoms with Gasteiger partial charge in [-0.05, 0) is 66.5 Å². The number of nitrogens with zero attached hydrogens (tertiary/aromatic N) is 7. The standard InChI is InChI=1S/C62H43N7/c1-3-20-40(21-4-1)59-64-60(41-22-5-2-6-23-41)66-61(65-59)43-25-19-24-42(38-43)50-39-57(67-51-32-13-7-26-44(51)45-27-8-14-33-52(45)67)63-62(69-55-36-17-11-30-48(55)49-31-12-18-37-56(49)69)58(50)68-53-34-15-9-28-46(53)47-29-10-16-35-54(47)68/h1-11,13-30,32-39,48,55H,12,31H2/t48-,55?/m0/s1. The highest BCUT2D eigenvalue weighted by atomic mass is 15.3. The zero-order valence-electron chi connectivity index (χ0n) is 37.6. The first-order valence-corrected chi connectivity index (χ1v) is 23.8. The molecule has 0 spiro atoms. The van der Waals surface area contributed by atoms with E-state index in [1.807, 2.05) is 36.4 Å². The second-order valence-electron chi connectivity index (χ2n) is 18.1. The van der Waals surface area contributed by atoms with Crippen LogP contribution in [0.2, 0.25) is 0 Å². The summed E-state index contributed by atoms with van der Waals surface area (Å²) in [6, 6.07) is 66.4. The van der Waals surface area contributed by atoms with E-state index in [1.165, 1.54) is 32.8 Å². The average molecular weight is 886 g/mol. The van der Waals surface area contributed by atoms with E-state index >= 15 is 0 Å². The first-order chi connectivity index (χ1) is 34.2. The molecule has 0 bridgehead atoms. The SMILES string of the molecule is C1=CC2[C@@H](C=C1)C1=C(C=CCC1)N2c1nc(-n2c3ccccc3c3ccccc32)cc(-c2cccc(-c3nc(-c4ccccc4)nc(-c4ccccc4)n3)c2)c1-n1c2ccccc2c2ccccc21. The van der Waals surface area contributed by atoms with Crippen LogP contribution in [-0.4, -0.2) is 35.1 Å². The third-order valence-corrected chi connectivity index (χ3v) is 14.2. The number of hydrogen-bond acceptors (Lipinski definition) is 5. The lowest BCUT2D eigenvalue weighted by molar-refractivity contribution is 0.654. The number of allylic oxidation sites excluding steroid dienone is 4. The minimum Gasteiger partial charge on any atom is -0.317 e. The van der Waals surface area contributed by atoms with Crippen LogP contribution < -0.4 is 4.90 Å². The summed E-state index contributed by atoms with van der Waals surface area (Å²) in [5.74, 6) is 3.81. The molecule has 7 heteroatoms. The summed E-state index contributed by atoms with van der Waals surface area (Å²) in [5, 5.41) is 4.75. The fourth-order valence-corrected chi connectivity index (χ4v) is 11.2. The number of fused-ring (bicyclic) bond motifs is 8. The second-order valence-corrected chi connectivity index (χ2v) is 18.1. The smallest absolute Gasteiger partial charge is 0.164 e. The van der Waals surface area contributed by atoms with Gasteiger partial charge in [-0.3, -0.25) is 4.57 Å². The zero-order valence-corrected chi connectivity index (χ0v) is 37.6. The highest BCUT2D eigenvalue weighted by Crippen LogP contribution is 2.50. The highest BCUT2D eigenvalue weighted by molar-refractivity contribution is 6.11. The van der Waals surface area contributed by atoms with Crippen molar-refractivity contribution in [3.8, 4) is 56.8 Å². The minimum absolute atomic E-state index is 0.0349. The number of aromatic nitrogens is 6. The van der Waals surface area contributed by atoms with Crippen LogP contribution in [0.25, 0.3) is 100 Å². The molecule has 1 aliphatic heterocycles. The van der Waals surface area contributed by atoms with Crippen LogP contribution in [0.3, 0.4) is 0 Å². The number of para-hydroxylation sites is 4. The van der Waals surface area contributed by atoms with E-state index in [4.69, 9.17) is 19.9 Å². The topological polar surface area (TPSA) is 64.7 Å². The van der Waals surface area contributed by atoms with Crippen molar-refractivity contribution in [3.05, 3.63) is 236 Å². The van der Waals surface area contributed by atoms with Crippen LogP contribution in [-0.2, 0) is 0 Å². The molecule has 1 unspecified atom stereocenters. The summed E-state index contributed by atoms with van der Waals surface area (Å²) < 4.78 is 4.83. The molecular weight excluding hydrogens is 843 g/mol. The monoisotopic (exact) mass is 885 g/mol. The Labute approximate surface area is 399 Å². The predicted octanol–water partition coefficient (Wildman–Crippen LogP) is 14.7. The van der Waals surface area contributed by atoms with Crippen molar-refractivity contribution < 1.29 is 0 Å². The molecule has 3 aliphatic rings. The van der Waals surface area contributed by atoms with Gasteiger partial charge in [-0.15, -0.1) is 0 Å². The molecule has 2 atom stereocenters. The second kappa shape index (κ2) is 15.9. The van der Waals surface area contributed by atoms with Gasteiger partial charge in [-0.25, -0.2) is 19.9 Å². The molecule has 11 aromatic rings. The van der Waals surface area contributed by atoms with Gasteiger partial charge in [0.2, 0.25) is 0 Å². The van der Waals surface area contributed by atoms with E-state index in [0.717, 1.165) is 80.0 Å². The Hall–Kier alpha value is -8.94. The van der Waals surface area contributed by atoms with Gasteiger partial charge < -0.3 is 9.47 Å². The van der Waals surface area contributed by atoms with Crippen molar-refractivity contribution in [2.45, 2.75) is 18.9 Å². The Morgan fingerprint density at radius 3 is 1.52 bits per heavy atom. The van der Waals surface area contributed by atoms with Gasteiger partial charge in [-0.1, -0.05) is 182 Å². The molecular formula is C62H43N7. The third-order valence-electron chi connectivity index (χ3n) is 14.2. The number of rotatable bonds is 7. The van der Waals surface area contributed by atoms with Crippen molar-refractivity contribution >= 4 is 49.4 Å². The molecule has 0 N–H and O–H groups in total. The lowest BCUT2D eigenvalue weighted by Crippen LogP contribution is -2.34. The molecule has 14 rings (SSSR count). The van der Waals surface area contributed by atoms with Crippen LogP contribution in [0.4, 0.5) is 5.82 Å². The van der Waals surface area contributed by atoms with Gasteiger partial charge in [0.1, 0.15) is 5.82 Å². The molecule has 0 radical (unpaired) electrons. The van der Waals surface area contributed by atoms with Gasteiger partial charge >= 0.3 is 0 Å². The Morgan fingerprint density at radius 1 is 0.435 bits per heavy atom. The van der Waals surface area contributed by atoms with Gasteiger partial charge in [0, 0.05) is 55.4 Å². The van der Waals surface area contributed by atoms with Crippen LogP contribution in [0, 0.1) is 5.92 Å². The van der Waals surface area contributed by atoms with E-state index in [9.17, 15) is 0 Å². The van der Waals surface area contributed by atoms with E-state index in [2.05, 4.69) is 202 Å². The summed E-state index contributed by atoms with van der Waals surface area (Å²) in [6.07, 6.45) is 15.9. The summed E-state index contributed by atoms with van der Waals surface area (Å²) >= 11 is 0. The molecule has 326 valence electrons. The third kappa shape index (κ3) is 6.27. The number of anilines is 1. The maximum absolute atomic E-state index is 6.02. The van der Waals surface area contributed by atoms with Crippen LogP contribution >= 0.6 is 0 Å². The van der Waals surface area contributed by atoms with E-state index < -0.39 is 0 Å². The molecule has 7 nitrogen and oxygen atoms in total.